The average Bonchev–Trinajstić information content (AvgIpc) is 3.61. The monoisotopic (exact) mass is 584 g/mol. The maximum atomic E-state index is 11.7. The predicted molar refractivity (Wildman–Crippen MR) is 161 cm³/mol. The summed E-state index contributed by atoms with van der Waals surface area (Å²) < 4.78 is 10.4. The highest BCUT2D eigenvalue weighted by Crippen LogP contribution is 2.34. The van der Waals surface area contributed by atoms with Crippen molar-refractivity contribution in [3.05, 3.63) is 107 Å². The van der Waals surface area contributed by atoms with Gasteiger partial charge in [0.05, 0.1) is 41.7 Å². The van der Waals surface area contributed by atoms with Crippen LogP contribution in [0.25, 0.3) is 11.0 Å². The van der Waals surface area contributed by atoms with Crippen LogP contribution in [0.2, 0.25) is 5.02 Å². The van der Waals surface area contributed by atoms with E-state index in [0.29, 0.717) is 36.5 Å². The number of aromatic nitrogens is 5. The molecule has 0 aliphatic carbocycles. The van der Waals surface area contributed by atoms with Gasteiger partial charge in [-0.05, 0) is 80.7 Å². The molecule has 0 atom stereocenters. The highest BCUT2D eigenvalue weighted by atomic mass is 35.5. The third-order valence-electron chi connectivity index (χ3n) is 8.02. The maximum Gasteiger partial charge on any atom is 0.335 e. The number of hydrogen-bond donors (Lipinski definition) is 1. The number of rotatable bonds is 10. The van der Waals surface area contributed by atoms with Crippen LogP contribution in [0.5, 0.6) is 5.88 Å². The lowest BCUT2D eigenvalue weighted by Gasteiger charge is -2.32. The SMILES string of the molecule is CCn1cncc1Cn1c(CN2CCC(c3cccnc3OCc3ccc(Cl)cc3)CC2)nc2ccc(C(=O)O)cc21. The van der Waals surface area contributed by atoms with Crippen molar-refractivity contribution in [3.8, 4) is 5.88 Å². The van der Waals surface area contributed by atoms with Crippen molar-refractivity contribution in [2.75, 3.05) is 13.1 Å². The molecule has 42 heavy (non-hydrogen) atoms. The van der Waals surface area contributed by atoms with Crippen LogP contribution in [0, 0.1) is 0 Å². The van der Waals surface area contributed by atoms with E-state index in [1.807, 2.05) is 42.9 Å². The number of piperidine rings is 1. The molecular formula is C32H33ClN6O3. The Kier molecular flexibility index (Phi) is 8.21. The fourth-order valence-corrected chi connectivity index (χ4v) is 5.82. The second-order valence-electron chi connectivity index (χ2n) is 10.7. The summed E-state index contributed by atoms with van der Waals surface area (Å²) in [5.74, 6) is 1.02. The molecule has 1 aliphatic rings. The number of ether oxygens (including phenoxy) is 1. The summed E-state index contributed by atoms with van der Waals surface area (Å²) in [6, 6.07) is 16.9. The van der Waals surface area contributed by atoms with Crippen molar-refractivity contribution in [3.63, 3.8) is 0 Å². The van der Waals surface area contributed by atoms with Gasteiger partial charge >= 0.3 is 5.97 Å². The molecule has 1 saturated heterocycles. The van der Waals surface area contributed by atoms with Crippen molar-refractivity contribution < 1.29 is 14.6 Å². The number of carboxylic acids is 1. The zero-order valence-electron chi connectivity index (χ0n) is 23.5. The fourth-order valence-electron chi connectivity index (χ4n) is 5.70. The molecule has 0 radical (unpaired) electrons. The number of halogens is 1. The van der Waals surface area contributed by atoms with Crippen LogP contribution in [-0.4, -0.2) is 53.2 Å². The first kappa shape index (κ1) is 27.9. The van der Waals surface area contributed by atoms with Gasteiger partial charge in [-0.25, -0.2) is 19.7 Å². The fraction of sp³-hybridized carbons (Fsp3) is 0.312. The molecule has 0 amide bonds. The van der Waals surface area contributed by atoms with Gasteiger partial charge in [0.2, 0.25) is 5.88 Å². The molecule has 1 aliphatic heterocycles. The highest BCUT2D eigenvalue weighted by Gasteiger charge is 2.25. The quantitative estimate of drug-likeness (QED) is 0.215. The number of benzene rings is 2. The third-order valence-corrected chi connectivity index (χ3v) is 8.27. The lowest BCUT2D eigenvalue weighted by molar-refractivity contribution is 0.0697. The van der Waals surface area contributed by atoms with E-state index in [0.717, 1.165) is 66.2 Å². The van der Waals surface area contributed by atoms with Gasteiger partial charge in [0.25, 0.3) is 0 Å². The Balaban J connectivity index is 1.18. The van der Waals surface area contributed by atoms with Crippen molar-refractivity contribution in [2.45, 2.75) is 51.9 Å². The van der Waals surface area contributed by atoms with E-state index in [-0.39, 0.29) is 5.56 Å². The van der Waals surface area contributed by atoms with Crippen LogP contribution in [0.3, 0.4) is 0 Å². The van der Waals surface area contributed by atoms with Crippen molar-refractivity contribution in [1.82, 2.24) is 29.0 Å². The number of aromatic carboxylic acids is 1. The Bertz CT molecular complexity index is 1690. The molecule has 0 spiro atoms. The van der Waals surface area contributed by atoms with E-state index in [1.54, 1.807) is 24.4 Å². The molecule has 3 aromatic heterocycles. The predicted octanol–water partition coefficient (Wildman–Crippen LogP) is 6.01. The minimum absolute atomic E-state index is 0.255. The van der Waals surface area contributed by atoms with Gasteiger partial charge in [-0.2, -0.15) is 0 Å². The van der Waals surface area contributed by atoms with Gasteiger partial charge in [-0.3, -0.25) is 4.90 Å². The van der Waals surface area contributed by atoms with Crippen LogP contribution < -0.4 is 4.74 Å². The molecule has 1 N–H and O–H groups in total. The number of pyridine rings is 1. The molecule has 1 fully saturated rings. The lowest BCUT2D eigenvalue weighted by Crippen LogP contribution is -2.33. The number of fused-ring (bicyclic) bond motifs is 1. The molecule has 4 heterocycles. The van der Waals surface area contributed by atoms with Crippen molar-refractivity contribution in [1.29, 1.82) is 0 Å². The first-order chi connectivity index (χ1) is 20.5. The minimum atomic E-state index is -0.946. The van der Waals surface area contributed by atoms with E-state index < -0.39 is 5.97 Å². The van der Waals surface area contributed by atoms with Crippen LogP contribution in [-0.2, 0) is 26.2 Å². The summed E-state index contributed by atoms with van der Waals surface area (Å²) in [7, 11) is 0. The second-order valence-corrected chi connectivity index (χ2v) is 11.1. The lowest BCUT2D eigenvalue weighted by atomic mass is 9.90. The highest BCUT2D eigenvalue weighted by molar-refractivity contribution is 6.30. The van der Waals surface area contributed by atoms with Gasteiger partial charge in [-0.15, -0.1) is 0 Å². The van der Waals surface area contributed by atoms with Crippen LogP contribution in [0.4, 0.5) is 0 Å². The number of carbonyl (C=O) groups is 1. The van der Waals surface area contributed by atoms with E-state index in [1.165, 1.54) is 0 Å². The summed E-state index contributed by atoms with van der Waals surface area (Å²) in [6.45, 7) is 6.41. The standard InChI is InChI=1S/C32H33ClN6O3/c1-2-38-21-34-17-26(38)18-39-29-16-24(32(40)41)7-10-28(29)36-30(39)19-37-14-11-23(12-15-37)27-4-3-13-35-31(27)42-20-22-5-8-25(33)9-6-22/h3-10,13,16-17,21,23H,2,11-12,14-15,18-20H2,1H3,(H,40,41). The number of aryl methyl sites for hydroxylation is 1. The maximum absolute atomic E-state index is 11.7. The largest absolute Gasteiger partial charge is 0.478 e. The zero-order chi connectivity index (χ0) is 29.1. The van der Waals surface area contributed by atoms with Crippen molar-refractivity contribution in [2.24, 2.45) is 0 Å². The summed E-state index contributed by atoms with van der Waals surface area (Å²) >= 11 is 6.02. The van der Waals surface area contributed by atoms with E-state index in [4.69, 9.17) is 21.3 Å². The van der Waals surface area contributed by atoms with E-state index in [9.17, 15) is 9.90 Å². The molecule has 5 aromatic rings. The molecule has 0 bridgehead atoms. The number of imidazole rings is 2. The first-order valence-electron chi connectivity index (χ1n) is 14.2. The summed E-state index contributed by atoms with van der Waals surface area (Å²) in [5, 5.41) is 10.3. The normalized spacial score (nSPS) is 14.4. The number of likely N-dealkylation sites (tertiary alicyclic amines) is 1. The second kappa shape index (κ2) is 12.3. The summed E-state index contributed by atoms with van der Waals surface area (Å²) in [6.07, 6.45) is 7.43. The number of nitrogens with zero attached hydrogens (tertiary/aromatic N) is 6. The molecule has 6 rings (SSSR count). The van der Waals surface area contributed by atoms with Crippen LogP contribution in [0.1, 0.15) is 58.7 Å². The van der Waals surface area contributed by atoms with E-state index >= 15 is 0 Å². The van der Waals surface area contributed by atoms with E-state index in [2.05, 4.69) is 37.0 Å². The van der Waals surface area contributed by atoms with Gasteiger partial charge in [-0.1, -0.05) is 29.8 Å². The Morgan fingerprint density at radius 3 is 2.67 bits per heavy atom. The topological polar surface area (TPSA) is 98.3 Å². The van der Waals surface area contributed by atoms with Gasteiger partial charge in [0, 0.05) is 29.5 Å². The molecule has 0 unspecified atom stereocenters. The molecule has 9 nitrogen and oxygen atoms in total. The molecule has 10 heteroatoms. The zero-order valence-corrected chi connectivity index (χ0v) is 24.2. The first-order valence-corrected chi connectivity index (χ1v) is 14.6. The number of carboxylic acid groups (broad SMARTS) is 1. The van der Waals surface area contributed by atoms with Gasteiger partial charge < -0.3 is 19.0 Å². The van der Waals surface area contributed by atoms with Crippen LogP contribution >= 0.6 is 11.6 Å². The summed E-state index contributed by atoms with van der Waals surface area (Å²) in [5.41, 5.74) is 5.12. The Morgan fingerprint density at radius 1 is 1.10 bits per heavy atom. The Labute approximate surface area is 249 Å². The van der Waals surface area contributed by atoms with Crippen LogP contribution in [0.15, 0.2) is 73.3 Å². The Hall–Kier alpha value is -4.21. The minimum Gasteiger partial charge on any atom is -0.478 e. The summed E-state index contributed by atoms with van der Waals surface area (Å²) in [4.78, 5) is 28.0. The molecule has 216 valence electrons. The van der Waals surface area contributed by atoms with Crippen molar-refractivity contribution >= 4 is 28.6 Å². The average molecular weight is 585 g/mol. The molecular weight excluding hydrogens is 552 g/mol. The Morgan fingerprint density at radius 2 is 1.90 bits per heavy atom. The van der Waals surface area contributed by atoms with Gasteiger partial charge in [0.1, 0.15) is 12.4 Å². The van der Waals surface area contributed by atoms with Gasteiger partial charge in [0.15, 0.2) is 0 Å². The third kappa shape index (κ3) is 6.03. The molecule has 0 saturated carbocycles. The smallest absolute Gasteiger partial charge is 0.335 e. The molecule has 2 aromatic carbocycles. The number of hydrogen-bond acceptors (Lipinski definition) is 6.